The summed E-state index contributed by atoms with van der Waals surface area (Å²) in [6, 6.07) is 37.9. The summed E-state index contributed by atoms with van der Waals surface area (Å²) in [5, 5.41) is 33.2. The highest BCUT2D eigenvalue weighted by molar-refractivity contribution is 7.25. The molecule has 0 fully saturated rings. The molecule has 6 heteroatoms. The summed E-state index contributed by atoms with van der Waals surface area (Å²) < 4.78 is 4.66. The van der Waals surface area contributed by atoms with Crippen LogP contribution < -0.4 is 4.90 Å². The van der Waals surface area contributed by atoms with E-state index >= 15 is 0 Å². The van der Waals surface area contributed by atoms with Crippen LogP contribution in [0.1, 0.15) is 29.2 Å². The zero-order valence-corrected chi connectivity index (χ0v) is 25.5. The first-order chi connectivity index (χ1) is 22.5. The average molecular weight is 606 g/mol. The van der Waals surface area contributed by atoms with Crippen LogP contribution in [-0.4, -0.2) is 10.6 Å². The molecule has 0 bridgehead atoms. The fourth-order valence-corrected chi connectivity index (χ4v) is 8.57. The Kier molecular flexibility index (Phi) is 5.39. The number of hydrogen-bond donors (Lipinski definition) is 0. The number of aromatic nitrogens is 1. The first kappa shape index (κ1) is 26.3. The highest BCUT2D eigenvalue weighted by atomic mass is 32.1. The Morgan fingerprint density at radius 1 is 0.630 bits per heavy atom. The molecule has 2 atom stereocenters. The molecule has 2 aliphatic rings. The fraction of sp³-hybridized carbons (Fsp3) is 0.0750. The van der Waals surface area contributed by atoms with Crippen molar-refractivity contribution in [3.05, 3.63) is 138 Å². The summed E-state index contributed by atoms with van der Waals surface area (Å²) in [7, 11) is 0. The van der Waals surface area contributed by atoms with Crippen molar-refractivity contribution in [1.82, 2.24) is 4.57 Å². The number of nitrogens with zero attached hydrogens (tertiary/aromatic N) is 5. The Morgan fingerprint density at radius 2 is 1.22 bits per heavy atom. The lowest BCUT2D eigenvalue weighted by atomic mass is 9.76. The number of fused-ring (bicyclic) bond motifs is 9. The summed E-state index contributed by atoms with van der Waals surface area (Å²) >= 11 is 1.79. The molecule has 5 aromatic carbocycles. The molecule has 2 aromatic heterocycles. The number of benzene rings is 5. The number of allylic oxidation sites excluding steroid dienone is 2. The lowest BCUT2D eigenvalue weighted by Crippen LogP contribution is -2.39. The Balaban J connectivity index is 1.25. The Labute approximate surface area is 269 Å². The van der Waals surface area contributed by atoms with Crippen LogP contribution in [0.15, 0.2) is 115 Å². The zero-order valence-electron chi connectivity index (χ0n) is 24.7. The maximum atomic E-state index is 9.66. The van der Waals surface area contributed by atoms with Gasteiger partial charge in [-0.3, -0.25) is 0 Å². The van der Waals surface area contributed by atoms with E-state index in [-0.39, 0.29) is 11.5 Å². The molecule has 0 radical (unpaired) electrons. The lowest BCUT2D eigenvalue weighted by molar-refractivity contribution is 0.550. The van der Waals surface area contributed by atoms with Gasteiger partial charge in [0, 0.05) is 53.4 Å². The Hall–Kier alpha value is -6.13. The van der Waals surface area contributed by atoms with Crippen LogP contribution in [0.2, 0.25) is 0 Å². The van der Waals surface area contributed by atoms with Crippen molar-refractivity contribution in [2.24, 2.45) is 0 Å². The van der Waals surface area contributed by atoms with Crippen LogP contribution in [0.3, 0.4) is 0 Å². The second kappa shape index (κ2) is 9.43. The van der Waals surface area contributed by atoms with E-state index in [2.05, 4.69) is 101 Å². The third-order valence-corrected chi connectivity index (χ3v) is 10.9. The first-order valence-electron chi connectivity index (χ1n) is 15.1. The summed E-state index contributed by atoms with van der Waals surface area (Å²) in [5.74, 6) is 0. The van der Waals surface area contributed by atoms with Gasteiger partial charge in [-0.2, -0.15) is 15.8 Å². The largest absolute Gasteiger partial charge is 0.333 e. The van der Waals surface area contributed by atoms with Crippen LogP contribution in [0.25, 0.3) is 47.7 Å². The van der Waals surface area contributed by atoms with E-state index in [9.17, 15) is 15.8 Å². The van der Waals surface area contributed by atoms with Crippen molar-refractivity contribution >= 4 is 64.7 Å². The predicted molar refractivity (Wildman–Crippen MR) is 186 cm³/mol. The topological polar surface area (TPSA) is 79.5 Å². The molecular weight excluding hydrogens is 583 g/mol. The van der Waals surface area contributed by atoms with Crippen molar-refractivity contribution in [1.29, 1.82) is 15.8 Å². The standard InChI is InChI=1S/C40H23N5S/c1-40-15-3-2-4-39(40)45(36-12-7-26(23-43)18-33(36)40)28-9-14-38-32(20-28)31-19-27(8-13-37(31)46-38)44-34-10-5-24(21-41)16-29(34)30-17-25(22-42)6-11-35(30)44/h2-20,39H,1H3. The molecular formula is C40H23N5S. The molecule has 3 heterocycles. The SMILES string of the molecule is CC12C=CC=CC1N(c1ccc3sc4ccc(-n5c6ccc(C#N)cc6c6cc(C#N)ccc65)cc4c3c1)c1ccc(C#N)cc12. The molecule has 0 N–H and O–H groups in total. The van der Waals surface area contributed by atoms with Crippen molar-refractivity contribution in [3.63, 3.8) is 0 Å². The predicted octanol–water partition coefficient (Wildman–Crippen LogP) is 9.67. The van der Waals surface area contributed by atoms with Gasteiger partial charge in [0.2, 0.25) is 0 Å². The van der Waals surface area contributed by atoms with Gasteiger partial charge in [-0.05, 0) is 103 Å². The smallest absolute Gasteiger partial charge is 0.0991 e. The van der Waals surface area contributed by atoms with E-state index in [1.165, 1.54) is 25.7 Å². The maximum absolute atomic E-state index is 9.66. The van der Waals surface area contributed by atoms with Gasteiger partial charge in [-0.15, -0.1) is 11.3 Å². The van der Waals surface area contributed by atoms with E-state index in [1.807, 2.05) is 48.5 Å². The molecule has 0 amide bonds. The number of thiophene rings is 1. The monoisotopic (exact) mass is 605 g/mol. The van der Waals surface area contributed by atoms with Crippen LogP contribution >= 0.6 is 11.3 Å². The van der Waals surface area contributed by atoms with E-state index in [0.29, 0.717) is 16.7 Å². The molecule has 0 saturated carbocycles. The molecule has 1 aliphatic carbocycles. The number of hydrogen-bond acceptors (Lipinski definition) is 5. The molecule has 0 saturated heterocycles. The van der Waals surface area contributed by atoms with Gasteiger partial charge >= 0.3 is 0 Å². The van der Waals surface area contributed by atoms with Crippen LogP contribution in [0, 0.1) is 34.0 Å². The fourth-order valence-electron chi connectivity index (χ4n) is 7.51. The normalized spacial score (nSPS) is 18.1. The van der Waals surface area contributed by atoms with Crippen molar-refractivity contribution in [3.8, 4) is 23.9 Å². The van der Waals surface area contributed by atoms with E-state index in [4.69, 9.17) is 0 Å². The second-order valence-electron chi connectivity index (χ2n) is 12.2. The van der Waals surface area contributed by atoms with Crippen molar-refractivity contribution < 1.29 is 0 Å². The van der Waals surface area contributed by atoms with Gasteiger partial charge in [0.1, 0.15) is 0 Å². The molecule has 46 heavy (non-hydrogen) atoms. The zero-order chi connectivity index (χ0) is 31.2. The Morgan fingerprint density at radius 3 is 1.87 bits per heavy atom. The van der Waals surface area contributed by atoms with Gasteiger partial charge in [0.25, 0.3) is 0 Å². The second-order valence-corrected chi connectivity index (χ2v) is 13.3. The minimum Gasteiger partial charge on any atom is -0.333 e. The number of nitriles is 3. The third-order valence-electron chi connectivity index (χ3n) is 9.70. The van der Waals surface area contributed by atoms with Crippen molar-refractivity contribution in [2.75, 3.05) is 4.90 Å². The van der Waals surface area contributed by atoms with Gasteiger partial charge in [0.15, 0.2) is 0 Å². The minimum atomic E-state index is -0.247. The molecule has 9 rings (SSSR count). The van der Waals surface area contributed by atoms with Gasteiger partial charge in [-0.1, -0.05) is 24.3 Å². The van der Waals surface area contributed by atoms with E-state index in [0.717, 1.165) is 38.9 Å². The highest BCUT2D eigenvalue weighted by Gasteiger charge is 2.46. The quantitative estimate of drug-likeness (QED) is 0.197. The van der Waals surface area contributed by atoms with Crippen LogP contribution in [0.4, 0.5) is 11.4 Å². The third kappa shape index (κ3) is 3.52. The molecule has 2 unspecified atom stereocenters. The highest BCUT2D eigenvalue weighted by Crippen LogP contribution is 2.52. The molecule has 0 spiro atoms. The van der Waals surface area contributed by atoms with E-state index < -0.39 is 0 Å². The summed E-state index contributed by atoms with van der Waals surface area (Å²) in [5.41, 5.74) is 8.02. The van der Waals surface area contributed by atoms with Gasteiger partial charge in [0.05, 0.1) is 52.0 Å². The van der Waals surface area contributed by atoms with Crippen LogP contribution in [0.5, 0.6) is 0 Å². The lowest BCUT2D eigenvalue weighted by Gasteiger charge is -2.34. The van der Waals surface area contributed by atoms with E-state index in [1.54, 1.807) is 11.3 Å². The average Bonchev–Trinajstić information content (AvgIpc) is 3.71. The maximum Gasteiger partial charge on any atom is 0.0991 e. The Bertz CT molecular complexity index is 2600. The van der Waals surface area contributed by atoms with Crippen LogP contribution in [-0.2, 0) is 5.41 Å². The molecule has 1 aliphatic heterocycles. The molecule has 214 valence electrons. The summed E-state index contributed by atoms with van der Waals surface area (Å²) in [6.07, 6.45) is 8.74. The number of rotatable bonds is 2. The molecule has 5 nitrogen and oxygen atoms in total. The summed E-state index contributed by atoms with van der Waals surface area (Å²) in [4.78, 5) is 2.41. The van der Waals surface area contributed by atoms with Gasteiger partial charge < -0.3 is 9.47 Å². The summed E-state index contributed by atoms with van der Waals surface area (Å²) in [6.45, 7) is 2.26. The first-order valence-corrected chi connectivity index (χ1v) is 15.9. The minimum absolute atomic E-state index is 0.0913. The van der Waals surface area contributed by atoms with Gasteiger partial charge in [-0.25, -0.2) is 0 Å². The molecule has 7 aromatic rings. The van der Waals surface area contributed by atoms with Crippen molar-refractivity contribution in [2.45, 2.75) is 18.4 Å². The number of anilines is 2.